The second-order valence-electron chi connectivity index (χ2n) is 6.24. The van der Waals surface area contributed by atoms with E-state index in [1.165, 1.54) is 23.8 Å². The number of pyridine rings is 1. The summed E-state index contributed by atoms with van der Waals surface area (Å²) >= 11 is 0. The number of aromatic nitrogens is 1. The van der Waals surface area contributed by atoms with Gasteiger partial charge in [0.2, 0.25) is 0 Å². The van der Waals surface area contributed by atoms with Gasteiger partial charge < -0.3 is 4.74 Å². The molecule has 0 aliphatic carbocycles. The normalized spacial score (nSPS) is 29.1. The number of para-hydroxylation sites is 1. The molecule has 0 amide bonds. The number of nitrogens with one attached hydrogen (secondary N) is 1. The van der Waals surface area contributed by atoms with Crippen molar-refractivity contribution in [2.75, 3.05) is 0 Å². The van der Waals surface area contributed by atoms with Crippen LogP contribution in [0.2, 0.25) is 0 Å². The molecule has 2 fully saturated rings. The third-order valence-corrected chi connectivity index (χ3v) is 5.06. The van der Waals surface area contributed by atoms with E-state index in [1.54, 1.807) is 0 Å². The Labute approximate surface area is 124 Å². The number of fused-ring (bicyclic) bond motifs is 3. The Balaban J connectivity index is 1.61. The van der Waals surface area contributed by atoms with Gasteiger partial charge in [0.05, 0.1) is 17.7 Å². The molecule has 4 rings (SSSR count). The molecule has 1 aromatic heterocycles. The highest BCUT2D eigenvalue weighted by atomic mass is 16.5. The van der Waals surface area contributed by atoms with Crippen molar-refractivity contribution in [3.8, 4) is 0 Å². The van der Waals surface area contributed by atoms with Crippen LogP contribution in [0.15, 0.2) is 36.5 Å². The molecular weight excluding hydrogens is 262 g/mol. The minimum atomic E-state index is 0.270. The van der Waals surface area contributed by atoms with Crippen molar-refractivity contribution in [1.29, 1.82) is 0 Å². The van der Waals surface area contributed by atoms with Crippen LogP contribution in [0.4, 0.5) is 0 Å². The fourth-order valence-electron chi connectivity index (χ4n) is 4.00. The van der Waals surface area contributed by atoms with E-state index < -0.39 is 0 Å². The van der Waals surface area contributed by atoms with E-state index in [0.717, 1.165) is 18.4 Å². The molecule has 4 unspecified atom stereocenters. The summed E-state index contributed by atoms with van der Waals surface area (Å²) in [5, 5.41) is 1.23. The second-order valence-corrected chi connectivity index (χ2v) is 6.24. The number of nitrogens with two attached hydrogens (primary N) is 1. The fourth-order valence-corrected chi connectivity index (χ4v) is 4.00. The lowest BCUT2D eigenvalue weighted by atomic mass is 9.81. The lowest BCUT2D eigenvalue weighted by Crippen LogP contribution is -2.45. The van der Waals surface area contributed by atoms with Crippen molar-refractivity contribution in [2.45, 2.75) is 43.9 Å². The van der Waals surface area contributed by atoms with E-state index in [0.29, 0.717) is 18.1 Å². The summed E-state index contributed by atoms with van der Waals surface area (Å²) in [5.74, 6) is 6.38. The maximum Gasteiger partial charge on any atom is 0.0704 e. The van der Waals surface area contributed by atoms with Crippen LogP contribution in [0.5, 0.6) is 0 Å². The van der Waals surface area contributed by atoms with Gasteiger partial charge in [-0.3, -0.25) is 16.3 Å². The number of nitrogens with zero attached hydrogens (tertiary/aromatic N) is 1. The van der Waals surface area contributed by atoms with Crippen LogP contribution in [-0.4, -0.2) is 23.2 Å². The Morgan fingerprint density at radius 1 is 1.29 bits per heavy atom. The zero-order chi connectivity index (χ0) is 14.2. The van der Waals surface area contributed by atoms with Gasteiger partial charge in [-0.15, -0.1) is 0 Å². The first-order chi connectivity index (χ1) is 10.3. The van der Waals surface area contributed by atoms with Crippen LogP contribution in [-0.2, 0) is 11.2 Å². The zero-order valence-electron chi connectivity index (χ0n) is 12.0. The predicted octanol–water partition coefficient (Wildman–Crippen LogP) is 2.18. The summed E-state index contributed by atoms with van der Waals surface area (Å²) < 4.78 is 5.98. The summed E-state index contributed by atoms with van der Waals surface area (Å²) in [7, 11) is 0. The maximum atomic E-state index is 5.98. The highest BCUT2D eigenvalue weighted by Gasteiger charge is 2.44. The molecule has 4 nitrogen and oxygen atoms in total. The van der Waals surface area contributed by atoms with Gasteiger partial charge in [0, 0.05) is 23.5 Å². The van der Waals surface area contributed by atoms with Gasteiger partial charge in [0.1, 0.15) is 0 Å². The van der Waals surface area contributed by atoms with Crippen molar-refractivity contribution in [3.05, 3.63) is 42.1 Å². The van der Waals surface area contributed by atoms with Gasteiger partial charge in [-0.25, -0.2) is 0 Å². The molecule has 0 spiro atoms. The quantitative estimate of drug-likeness (QED) is 0.667. The summed E-state index contributed by atoms with van der Waals surface area (Å²) in [6.45, 7) is 0. The number of benzene rings is 1. The average molecular weight is 283 g/mol. The Morgan fingerprint density at radius 2 is 2.19 bits per heavy atom. The zero-order valence-corrected chi connectivity index (χ0v) is 12.0. The maximum absolute atomic E-state index is 5.98. The molecule has 2 aliphatic rings. The molecule has 21 heavy (non-hydrogen) atoms. The molecule has 4 atom stereocenters. The highest BCUT2D eigenvalue weighted by Crippen LogP contribution is 2.41. The third-order valence-electron chi connectivity index (χ3n) is 5.06. The van der Waals surface area contributed by atoms with E-state index >= 15 is 0 Å². The standard InChI is InChI=1S/C17H21N3O/c18-20-16(14-10-12-5-6-17(14)21-12)9-11-7-8-19-15-4-2-1-3-13(11)15/h1-4,7-8,12,14,16-17,20H,5-6,9-10,18H2. The van der Waals surface area contributed by atoms with Gasteiger partial charge in [0.25, 0.3) is 0 Å². The Hall–Kier alpha value is -1.49. The number of hydrazine groups is 1. The minimum Gasteiger partial charge on any atom is -0.375 e. The van der Waals surface area contributed by atoms with Gasteiger partial charge in [-0.1, -0.05) is 18.2 Å². The van der Waals surface area contributed by atoms with Crippen molar-refractivity contribution in [3.63, 3.8) is 0 Å². The van der Waals surface area contributed by atoms with E-state index in [2.05, 4.69) is 34.7 Å². The predicted molar refractivity (Wildman–Crippen MR) is 82.6 cm³/mol. The summed E-state index contributed by atoms with van der Waals surface area (Å²) in [4.78, 5) is 4.43. The molecule has 2 bridgehead atoms. The molecule has 3 heterocycles. The third kappa shape index (κ3) is 2.33. The Bertz CT molecular complexity index is 639. The van der Waals surface area contributed by atoms with Crippen LogP contribution in [0.25, 0.3) is 10.9 Å². The molecule has 0 saturated carbocycles. The van der Waals surface area contributed by atoms with E-state index in [-0.39, 0.29) is 6.04 Å². The van der Waals surface area contributed by atoms with E-state index in [1.807, 2.05) is 12.3 Å². The molecule has 1 aromatic carbocycles. The molecule has 2 aliphatic heterocycles. The molecule has 2 aromatic rings. The van der Waals surface area contributed by atoms with E-state index in [9.17, 15) is 0 Å². The van der Waals surface area contributed by atoms with Crippen LogP contribution in [0.3, 0.4) is 0 Å². The van der Waals surface area contributed by atoms with Crippen molar-refractivity contribution in [1.82, 2.24) is 10.4 Å². The SMILES string of the molecule is NNC(Cc1ccnc2ccccc12)C1CC2CCC1O2. The van der Waals surface area contributed by atoms with Crippen molar-refractivity contribution >= 4 is 10.9 Å². The average Bonchev–Trinajstić information content (AvgIpc) is 3.15. The number of ether oxygens (including phenoxy) is 1. The summed E-state index contributed by atoms with van der Waals surface area (Å²) in [6, 6.07) is 10.7. The monoisotopic (exact) mass is 283 g/mol. The molecule has 110 valence electrons. The number of rotatable bonds is 4. The van der Waals surface area contributed by atoms with Crippen LogP contribution in [0, 0.1) is 5.92 Å². The first kappa shape index (κ1) is 13.2. The van der Waals surface area contributed by atoms with Crippen molar-refractivity contribution in [2.24, 2.45) is 11.8 Å². The first-order valence-electron chi connectivity index (χ1n) is 7.79. The highest BCUT2D eigenvalue weighted by molar-refractivity contribution is 5.81. The summed E-state index contributed by atoms with van der Waals surface area (Å²) in [5.41, 5.74) is 5.40. The fraction of sp³-hybridized carbons (Fsp3) is 0.471. The second kappa shape index (κ2) is 5.37. The minimum absolute atomic E-state index is 0.270. The molecule has 2 saturated heterocycles. The molecule has 4 heteroatoms. The van der Waals surface area contributed by atoms with Crippen LogP contribution in [0.1, 0.15) is 24.8 Å². The Morgan fingerprint density at radius 3 is 2.95 bits per heavy atom. The van der Waals surface area contributed by atoms with Gasteiger partial charge in [-0.2, -0.15) is 0 Å². The van der Waals surface area contributed by atoms with Crippen molar-refractivity contribution < 1.29 is 4.74 Å². The van der Waals surface area contributed by atoms with Crippen LogP contribution < -0.4 is 11.3 Å². The first-order valence-corrected chi connectivity index (χ1v) is 7.79. The van der Waals surface area contributed by atoms with E-state index in [4.69, 9.17) is 10.6 Å². The largest absolute Gasteiger partial charge is 0.375 e. The van der Waals surface area contributed by atoms with Gasteiger partial charge >= 0.3 is 0 Å². The van der Waals surface area contributed by atoms with Gasteiger partial charge in [-0.05, 0) is 43.4 Å². The molecule has 3 N–H and O–H groups in total. The number of hydrogen-bond acceptors (Lipinski definition) is 4. The Kier molecular flexibility index (Phi) is 3.37. The molecular formula is C17H21N3O. The topological polar surface area (TPSA) is 60.2 Å². The summed E-state index contributed by atoms with van der Waals surface area (Å²) in [6.07, 6.45) is 7.22. The lowest BCUT2D eigenvalue weighted by Gasteiger charge is -2.28. The lowest BCUT2D eigenvalue weighted by molar-refractivity contribution is 0.0857. The molecule has 0 radical (unpaired) electrons. The van der Waals surface area contributed by atoms with Crippen LogP contribution >= 0.6 is 0 Å². The number of hydrogen-bond donors (Lipinski definition) is 2. The van der Waals surface area contributed by atoms with Gasteiger partial charge in [0.15, 0.2) is 0 Å². The smallest absolute Gasteiger partial charge is 0.0704 e.